The molecule has 0 spiro atoms. The van der Waals surface area contributed by atoms with Gasteiger partial charge >= 0.3 is 0 Å². The highest BCUT2D eigenvalue weighted by molar-refractivity contribution is 5.44. The topological polar surface area (TPSA) is 60.2 Å². The first-order valence-electron chi connectivity index (χ1n) is 4.90. The lowest BCUT2D eigenvalue weighted by Crippen LogP contribution is -2.30. The van der Waals surface area contributed by atoms with Crippen LogP contribution in [0.5, 0.6) is 0 Å². The molecule has 76 valence electrons. The number of ether oxygens (including phenoxy) is 1. The Labute approximate surface area is 83.5 Å². The molecule has 0 amide bonds. The third kappa shape index (κ3) is 2.35. The van der Waals surface area contributed by atoms with E-state index in [1.54, 1.807) is 6.20 Å². The summed E-state index contributed by atoms with van der Waals surface area (Å²) in [6, 6.07) is 4.13. The highest BCUT2D eigenvalue weighted by Crippen LogP contribution is 2.12. The number of rotatable bonds is 2. The normalized spacial score (nSPS) is 21.9. The number of nitrogen functional groups attached to an aromatic ring is 1. The first-order valence-corrected chi connectivity index (χ1v) is 4.90. The Bertz CT molecular complexity index is 280. The summed E-state index contributed by atoms with van der Waals surface area (Å²) in [5, 5.41) is 3.32. The molecule has 1 fully saturated rings. The van der Waals surface area contributed by atoms with E-state index in [1.807, 2.05) is 12.1 Å². The Balaban J connectivity index is 1.92. The average Bonchev–Trinajstić information content (AvgIpc) is 2.23. The number of nitrogens with one attached hydrogen (secondary N) is 1. The maximum absolute atomic E-state index is 5.54. The van der Waals surface area contributed by atoms with Crippen LogP contribution in [0.1, 0.15) is 12.8 Å². The average molecular weight is 193 g/mol. The maximum atomic E-state index is 5.54. The zero-order valence-electron chi connectivity index (χ0n) is 8.07. The van der Waals surface area contributed by atoms with Crippen molar-refractivity contribution in [2.75, 3.05) is 24.3 Å². The molecular weight excluding hydrogens is 178 g/mol. The van der Waals surface area contributed by atoms with E-state index in [1.165, 1.54) is 0 Å². The molecular formula is C10H15N3O. The number of hydrogen-bond acceptors (Lipinski definition) is 4. The molecule has 0 bridgehead atoms. The summed E-state index contributed by atoms with van der Waals surface area (Å²) in [5.74, 6) is 0.870. The summed E-state index contributed by atoms with van der Waals surface area (Å²) in [7, 11) is 0. The molecule has 2 heterocycles. The first-order chi connectivity index (χ1) is 6.84. The van der Waals surface area contributed by atoms with E-state index in [-0.39, 0.29) is 0 Å². The van der Waals surface area contributed by atoms with Crippen molar-refractivity contribution in [3.63, 3.8) is 0 Å². The highest BCUT2D eigenvalue weighted by Gasteiger charge is 2.13. The van der Waals surface area contributed by atoms with E-state index in [9.17, 15) is 0 Å². The minimum atomic E-state index is 0.389. The van der Waals surface area contributed by atoms with Crippen LogP contribution >= 0.6 is 0 Å². The Morgan fingerprint density at radius 1 is 1.50 bits per heavy atom. The molecule has 0 saturated carbocycles. The Hall–Kier alpha value is -1.29. The van der Waals surface area contributed by atoms with E-state index >= 15 is 0 Å². The van der Waals surface area contributed by atoms with Crippen molar-refractivity contribution in [2.45, 2.75) is 18.9 Å². The number of nitrogens with two attached hydrogens (primary N) is 1. The molecule has 1 saturated heterocycles. The largest absolute Gasteiger partial charge is 0.397 e. The van der Waals surface area contributed by atoms with Gasteiger partial charge in [0.2, 0.25) is 0 Å². The van der Waals surface area contributed by atoms with Gasteiger partial charge in [-0.3, -0.25) is 0 Å². The predicted octanol–water partition coefficient (Wildman–Crippen LogP) is 1.25. The molecule has 1 atom stereocenters. The van der Waals surface area contributed by atoms with Crippen LogP contribution in [-0.4, -0.2) is 24.2 Å². The Morgan fingerprint density at radius 3 is 3.07 bits per heavy atom. The third-order valence-electron chi connectivity index (χ3n) is 2.30. The van der Waals surface area contributed by atoms with Gasteiger partial charge in [-0.05, 0) is 25.0 Å². The summed E-state index contributed by atoms with van der Waals surface area (Å²) in [5.41, 5.74) is 6.24. The molecule has 1 aliphatic rings. The zero-order valence-corrected chi connectivity index (χ0v) is 8.07. The van der Waals surface area contributed by atoms with Gasteiger partial charge in [-0.25, -0.2) is 4.98 Å². The van der Waals surface area contributed by atoms with Gasteiger partial charge in [-0.2, -0.15) is 0 Å². The Morgan fingerprint density at radius 2 is 2.43 bits per heavy atom. The lowest BCUT2D eigenvalue weighted by atomic mass is 10.1. The fraction of sp³-hybridized carbons (Fsp3) is 0.500. The summed E-state index contributed by atoms with van der Waals surface area (Å²) < 4.78 is 5.36. The molecule has 4 heteroatoms. The van der Waals surface area contributed by atoms with Gasteiger partial charge in [-0.15, -0.1) is 0 Å². The second-order valence-corrected chi connectivity index (χ2v) is 3.54. The van der Waals surface area contributed by atoms with Crippen molar-refractivity contribution in [3.8, 4) is 0 Å². The van der Waals surface area contributed by atoms with Crippen molar-refractivity contribution in [1.29, 1.82) is 0 Å². The smallest absolute Gasteiger partial charge is 0.126 e. The number of hydrogen-bond donors (Lipinski definition) is 2. The molecule has 1 aromatic rings. The predicted molar refractivity (Wildman–Crippen MR) is 56.1 cm³/mol. The number of anilines is 2. The van der Waals surface area contributed by atoms with Crippen LogP contribution in [0.25, 0.3) is 0 Å². The van der Waals surface area contributed by atoms with Crippen LogP contribution in [0.4, 0.5) is 11.5 Å². The minimum absolute atomic E-state index is 0.389. The van der Waals surface area contributed by atoms with Crippen LogP contribution in [0.3, 0.4) is 0 Å². The van der Waals surface area contributed by atoms with Crippen molar-refractivity contribution >= 4 is 11.5 Å². The highest BCUT2D eigenvalue weighted by atomic mass is 16.5. The monoisotopic (exact) mass is 193 g/mol. The SMILES string of the molecule is Nc1ccc(NC2CCCOC2)nc1. The molecule has 1 aromatic heterocycles. The van der Waals surface area contributed by atoms with Crippen molar-refractivity contribution in [2.24, 2.45) is 0 Å². The number of pyridine rings is 1. The fourth-order valence-corrected chi connectivity index (χ4v) is 1.55. The van der Waals surface area contributed by atoms with Crippen molar-refractivity contribution in [1.82, 2.24) is 4.98 Å². The van der Waals surface area contributed by atoms with Gasteiger partial charge < -0.3 is 15.8 Å². The van der Waals surface area contributed by atoms with Crippen molar-refractivity contribution < 1.29 is 4.74 Å². The molecule has 14 heavy (non-hydrogen) atoms. The zero-order chi connectivity index (χ0) is 9.80. The van der Waals surface area contributed by atoms with Gasteiger partial charge in [0.25, 0.3) is 0 Å². The van der Waals surface area contributed by atoms with Crippen LogP contribution in [0.2, 0.25) is 0 Å². The molecule has 0 radical (unpaired) electrons. The van der Waals surface area contributed by atoms with Crippen LogP contribution < -0.4 is 11.1 Å². The Kier molecular flexibility index (Phi) is 2.84. The molecule has 1 unspecified atom stereocenters. The van der Waals surface area contributed by atoms with E-state index < -0.39 is 0 Å². The lowest BCUT2D eigenvalue weighted by molar-refractivity contribution is 0.0875. The fourth-order valence-electron chi connectivity index (χ4n) is 1.55. The molecule has 2 rings (SSSR count). The minimum Gasteiger partial charge on any atom is -0.397 e. The quantitative estimate of drug-likeness (QED) is 0.742. The van der Waals surface area contributed by atoms with Gasteiger partial charge in [0.1, 0.15) is 5.82 Å². The van der Waals surface area contributed by atoms with E-state index in [0.717, 1.165) is 31.9 Å². The molecule has 4 nitrogen and oxygen atoms in total. The van der Waals surface area contributed by atoms with Gasteiger partial charge in [0, 0.05) is 6.61 Å². The van der Waals surface area contributed by atoms with Gasteiger partial charge in [0.05, 0.1) is 24.5 Å². The second kappa shape index (κ2) is 4.28. The van der Waals surface area contributed by atoms with E-state index in [0.29, 0.717) is 11.7 Å². The summed E-state index contributed by atoms with van der Waals surface area (Å²) in [6.07, 6.45) is 3.92. The molecule has 0 aromatic carbocycles. The lowest BCUT2D eigenvalue weighted by Gasteiger charge is -2.23. The summed E-state index contributed by atoms with van der Waals surface area (Å²) >= 11 is 0. The second-order valence-electron chi connectivity index (χ2n) is 3.54. The molecule has 0 aliphatic carbocycles. The first kappa shape index (κ1) is 9.27. The standard InChI is InChI=1S/C10H15N3O/c11-8-3-4-10(12-6-8)13-9-2-1-5-14-7-9/h3-4,6,9H,1-2,5,7,11H2,(H,12,13). The summed E-state index contributed by atoms with van der Waals surface area (Å²) in [4.78, 5) is 4.18. The molecule has 1 aliphatic heterocycles. The van der Waals surface area contributed by atoms with Gasteiger partial charge in [-0.1, -0.05) is 0 Å². The van der Waals surface area contributed by atoms with Crippen molar-refractivity contribution in [3.05, 3.63) is 18.3 Å². The third-order valence-corrected chi connectivity index (χ3v) is 2.30. The maximum Gasteiger partial charge on any atom is 0.126 e. The van der Waals surface area contributed by atoms with Gasteiger partial charge in [0.15, 0.2) is 0 Å². The van der Waals surface area contributed by atoms with Crippen LogP contribution in [0, 0.1) is 0 Å². The van der Waals surface area contributed by atoms with E-state index in [4.69, 9.17) is 10.5 Å². The molecule has 3 N–H and O–H groups in total. The summed E-state index contributed by atoms with van der Waals surface area (Å²) in [6.45, 7) is 1.65. The van der Waals surface area contributed by atoms with E-state index in [2.05, 4.69) is 10.3 Å². The number of aromatic nitrogens is 1. The van der Waals surface area contributed by atoms with Crippen LogP contribution in [-0.2, 0) is 4.74 Å². The van der Waals surface area contributed by atoms with Crippen LogP contribution in [0.15, 0.2) is 18.3 Å². The number of nitrogens with zero attached hydrogens (tertiary/aromatic N) is 1.